The molecule has 0 spiro atoms. The fourth-order valence-electron chi connectivity index (χ4n) is 0. The molecule has 0 aliphatic rings. The number of amides is 1. The first kappa shape index (κ1) is 17.1. The van der Waals surface area contributed by atoms with Gasteiger partial charge < -0.3 is 4.90 Å². The number of hydrogen-bond donors (Lipinski definition) is 2. The minimum absolute atomic E-state index is 0. The van der Waals surface area contributed by atoms with Crippen LogP contribution in [0.25, 0.3) is 0 Å². The summed E-state index contributed by atoms with van der Waals surface area (Å²) in [6, 6.07) is 0. The maximum Gasteiger partial charge on any atom is 0.394 e. The molecule has 70 valence electrons. The van der Waals surface area contributed by atoms with Crippen molar-refractivity contribution in [3.63, 3.8) is 0 Å². The molecule has 2 N–H and O–H groups in total. The quantitative estimate of drug-likeness (QED) is 0.342. The molecule has 0 aromatic rings. The molecular weight excluding hydrogens is 218 g/mol. The van der Waals surface area contributed by atoms with Crippen LogP contribution < -0.4 is 0 Å². The predicted molar refractivity (Wildman–Crippen MR) is 33.9 cm³/mol. The summed E-state index contributed by atoms with van der Waals surface area (Å²) in [6.45, 7) is 0. The van der Waals surface area contributed by atoms with Gasteiger partial charge in [0.25, 0.3) is 0 Å². The van der Waals surface area contributed by atoms with E-state index in [0.717, 1.165) is 6.41 Å². The van der Waals surface area contributed by atoms with Crippen LogP contribution in [0.3, 0.4) is 0 Å². The van der Waals surface area contributed by atoms with Gasteiger partial charge in [-0.3, -0.25) is 13.9 Å². The number of nitrogens with zero attached hydrogens (tertiary/aromatic N) is 1. The Kier molecular flexibility index (Phi) is 12.4. The molecule has 0 atom stereocenters. The average molecular weight is 227 g/mol. The Morgan fingerprint density at radius 2 is 1.36 bits per heavy atom. The van der Waals surface area contributed by atoms with E-state index in [4.69, 9.17) is 17.5 Å². The molecule has 0 unspecified atom stereocenters. The standard InChI is InChI=1S/C3H7NO.Fe.H2O4S/c1-4(2)3-5;;1-5(2,3)4/h3H,1-2H3;;(H2,1,2,3,4). The van der Waals surface area contributed by atoms with E-state index in [9.17, 15) is 4.79 Å². The predicted octanol–water partition coefficient (Wildman–Crippen LogP) is -0.951. The van der Waals surface area contributed by atoms with Crippen LogP contribution in [0.4, 0.5) is 0 Å². The van der Waals surface area contributed by atoms with Gasteiger partial charge in [-0.25, -0.2) is 0 Å². The molecule has 0 heterocycles. The first-order valence-electron chi connectivity index (χ1n) is 2.09. The molecule has 11 heavy (non-hydrogen) atoms. The van der Waals surface area contributed by atoms with Crippen LogP contribution in [0, 0.1) is 0 Å². The van der Waals surface area contributed by atoms with E-state index in [-0.39, 0.29) is 17.1 Å². The van der Waals surface area contributed by atoms with Crippen LogP contribution in [0.1, 0.15) is 0 Å². The van der Waals surface area contributed by atoms with Gasteiger partial charge in [0.05, 0.1) is 0 Å². The van der Waals surface area contributed by atoms with Gasteiger partial charge >= 0.3 is 10.4 Å². The van der Waals surface area contributed by atoms with Crippen molar-refractivity contribution in [1.29, 1.82) is 0 Å². The fourth-order valence-corrected chi connectivity index (χ4v) is 0. The van der Waals surface area contributed by atoms with Gasteiger partial charge in [0.15, 0.2) is 0 Å². The van der Waals surface area contributed by atoms with Crippen LogP contribution in [-0.4, -0.2) is 42.9 Å². The van der Waals surface area contributed by atoms with Crippen molar-refractivity contribution in [2.75, 3.05) is 14.1 Å². The molecule has 0 aromatic carbocycles. The van der Waals surface area contributed by atoms with E-state index in [1.165, 1.54) is 4.90 Å². The summed E-state index contributed by atoms with van der Waals surface area (Å²) >= 11 is 0. The molecule has 6 nitrogen and oxygen atoms in total. The van der Waals surface area contributed by atoms with Crippen LogP contribution in [0.2, 0.25) is 0 Å². The van der Waals surface area contributed by atoms with Crippen LogP contribution >= 0.6 is 0 Å². The summed E-state index contributed by atoms with van der Waals surface area (Å²) in [5, 5.41) is 0. The van der Waals surface area contributed by atoms with Crippen LogP contribution in [-0.2, 0) is 32.3 Å². The zero-order valence-electron chi connectivity index (χ0n) is 5.91. The summed E-state index contributed by atoms with van der Waals surface area (Å²) < 4.78 is 31.6. The number of hydrogen-bond acceptors (Lipinski definition) is 3. The molecule has 0 aliphatic carbocycles. The topological polar surface area (TPSA) is 94.9 Å². The maximum absolute atomic E-state index is 9.43. The molecular formula is C3H9FeNO5S. The van der Waals surface area contributed by atoms with Gasteiger partial charge in [-0.1, -0.05) is 0 Å². The van der Waals surface area contributed by atoms with E-state index in [1.54, 1.807) is 14.1 Å². The van der Waals surface area contributed by atoms with Crippen molar-refractivity contribution >= 4 is 16.8 Å². The van der Waals surface area contributed by atoms with Crippen molar-refractivity contribution in [1.82, 2.24) is 4.90 Å². The zero-order chi connectivity index (χ0) is 8.78. The molecule has 0 bridgehead atoms. The third-order valence-corrected chi connectivity index (χ3v) is 0.211. The third-order valence-electron chi connectivity index (χ3n) is 0.211. The molecule has 0 aromatic heterocycles. The van der Waals surface area contributed by atoms with Gasteiger partial charge in [0, 0.05) is 31.2 Å². The summed E-state index contributed by atoms with van der Waals surface area (Å²) in [6.07, 6.45) is 0.750. The van der Waals surface area contributed by atoms with Crippen molar-refractivity contribution in [2.24, 2.45) is 0 Å². The molecule has 0 rings (SSSR count). The maximum atomic E-state index is 9.43. The molecule has 1 amide bonds. The fraction of sp³-hybridized carbons (Fsp3) is 0.667. The van der Waals surface area contributed by atoms with Crippen molar-refractivity contribution < 1.29 is 39.4 Å². The van der Waals surface area contributed by atoms with E-state index in [0.29, 0.717) is 0 Å². The van der Waals surface area contributed by atoms with Crippen molar-refractivity contribution in [3.05, 3.63) is 0 Å². The SMILES string of the molecule is CN(C)C=O.O=S(=O)(O)O.[Fe]. The Labute approximate surface area is 75.6 Å². The Balaban J connectivity index is -0.000000107. The Hall–Kier alpha value is -0.141. The Morgan fingerprint density at radius 1 is 1.27 bits per heavy atom. The zero-order valence-corrected chi connectivity index (χ0v) is 7.83. The second kappa shape index (κ2) is 7.96. The van der Waals surface area contributed by atoms with Gasteiger partial charge in [0.1, 0.15) is 0 Å². The van der Waals surface area contributed by atoms with Crippen molar-refractivity contribution in [3.8, 4) is 0 Å². The molecule has 0 fully saturated rings. The molecule has 0 saturated carbocycles. The summed E-state index contributed by atoms with van der Waals surface area (Å²) in [4.78, 5) is 10.9. The average Bonchev–Trinajstić information content (AvgIpc) is 1.61. The van der Waals surface area contributed by atoms with Gasteiger partial charge in [-0.15, -0.1) is 0 Å². The van der Waals surface area contributed by atoms with E-state index in [1.807, 2.05) is 0 Å². The third kappa shape index (κ3) is 176. The first-order valence-corrected chi connectivity index (χ1v) is 3.48. The molecule has 8 heteroatoms. The second-order valence-electron chi connectivity index (χ2n) is 1.52. The van der Waals surface area contributed by atoms with Gasteiger partial charge in [-0.05, 0) is 0 Å². The van der Waals surface area contributed by atoms with Gasteiger partial charge in [-0.2, -0.15) is 8.42 Å². The Bertz CT molecular complexity index is 168. The monoisotopic (exact) mass is 227 g/mol. The minimum Gasteiger partial charge on any atom is -0.351 e. The smallest absolute Gasteiger partial charge is 0.351 e. The van der Waals surface area contributed by atoms with E-state index < -0.39 is 10.4 Å². The van der Waals surface area contributed by atoms with Crippen LogP contribution in [0.5, 0.6) is 0 Å². The summed E-state index contributed by atoms with van der Waals surface area (Å²) in [5.74, 6) is 0. The van der Waals surface area contributed by atoms with Gasteiger partial charge in [0.2, 0.25) is 6.41 Å². The normalized spacial score (nSPS) is 8.36. The minimum atomic E-state index is -4.67. The number of carbonyl (C=O) groups is 1. The van der Waals surface area contributed by atoms with Crippen molar-refractivity contribution in [2.45, 2.75) is 0 Å². The van der Waals surface area contributed by atoms with Crippen LogP contribution in [0.15, 0.2) is 0 Å². The molecule has 0 saturated heterocycles. The van der Waals surface area contributed by atoms with E-state index in [2.05, 4.69) is 0 Å². The number of rotatable bonds is 1. The summed E-state index contributed by atoms with van der Waals surface area (Å²) in [5.41, 5.74) is 0. The van der Waals surface area contributed by atoms with E-state index >= 15 is 0 Å². The number of carbonyl (C=O) groups excluding carboxylic acids is 1. The molecule has 0 radical (unpaired) electrons. The first-order chi connectivity index (χ1) is 4.27. The molecule has 0 aliphatic heterocycles. The largest absolute Gasteiger partial charge is 0.394 e. The Morgan fingerprint density at radius 3 is 1.36 bits per heavy atom. The second-order valence-corrected chi connectivity index (χ2v) is 2.41. The summed E-state index contributed by atoms with van der Waals surface area (Å²) in [7, 11) is -1.29.